The first-order chi connectivity index (χ1) is 9.00. The predicted molar refractivity (Wildman–Crippen MR) is 70.7 cm³/mol. The molecule has 1 fully saturated rings. The summed E-state index contributed by atoms with van der Waals surface area (Å²) in [5.41, 5.74) is -0.950. The molecule has 0 radical (unpaired) electrons. The molecular formula is C12H15ClN2O4. The number of nitro groups is 1. The van der Waals surface area contributed by atoms with Gasteiger partial charge in [-0.05, 0) is 32.0 Å². The molecule has 1 aliphatic heterocycles. The van der Waals surface area contributed by atoms with Crippen molar-refractivity contribution in [3.63, 3.8) is 0 Å². The zero-order valence-electron chi connectivity index (χ0n) is 10.3. The van der Waals surface area contributed by atoms with E-state index in [1.165, 1.54) is 18.2 Å². The number of rotatable bonds is 4. The van der Waals surface area contributed by atoms with Crippen molar-refractivity contribution in [1.82, 2.24) is 5.32 Å². The molecule has 0 bridgehead atoms. The van der Waals surface area contributed by atoms with E-state index in [2.05, 4.69) is 5.32 Å². The van der Waals surface area contributed by atoms with E-state index in [9.17, 15) is 15.2 Å². The zero-order chi connectivity index (χ0) is 13.9. The van der Waals surface area contributed by atoms with Crippen LogP contribution in [0, 0.1) is 10.1 Å². The molecule has 19 heavy (non-hydrogen) atoms. The van der Waals surface area contributed by atoms with E-state index in [1.807, 2.05) is 0 Å². The largest absolute Gasteiger partial charge is 0.489 e. The van der Waals surface area contributed by atoms with Gasteiger partial charge in [0.05, 0.1) is 9.95 Å². The molecule has 2 N–H and O–H groups in total. The number of nitro benzene ring substituents is 1. The third-order valence-electron chi connectivity index (χ3n) is 3.16. The Kier molecular flexibility index (Phi) is 4.24. The lowest BCUT2D eigenvalue weighted by Crippen LogP contribution is -2.46. The maximum Gasteiger partial charge on any atom is 0.271 e. The number of halogens is 1. The van der Waals surface area contributed by atoms with E-state index in [0.29, 0.717) is 18.6 Å². The van der Waals surface area contributed by atoms with Gasteiger partial charge in [-0.3, -0.25) is 10.1 Å². The van der Waals surface area contributed by atoms with Crippen LogP contribution in [0.2, 0.25) is 5.02 Å². The summed E-state index contributed by atoms with van der Waals surface area (Å²) in [5.74, 6) is 0.347. The molecule has 0 saturated carbocycles. The summed E-state index contributed by atoms with van der Waals surface area (Å²) in [6, 6.07) is 4.02. The standard InChI is InChI=1S/C12H15ClN2O4/c13-10-7-9(15(17)18)1-2-11(10)19-8-12(16)3-5-14-6-4-12/h1-2,7,14,16H,3-6,8H2. The van der Waals surface area contributed by atoms with Crippen molar-refractivity contribution in [2.24, 2.45) is 0 Å². The van der Waals surface area contributed by atoms with E-state index in [-0.39, 0.29) is 17.3 Å². The fourth-order valence-corrected chi connectivity index (χ4v) is 2.20. The molecule has 2 rings (SSSR count). The summed E-state index contributed by atoms with van der Waals surface area (Å²) in [7, 11) is 0. The van der Waals surface area contributed by atoms with Crippen LogP contribution >= 0.6 is 11.6 Å². The summed E-state index contributed by atoms with van der Waals surface area (Å²) in [4.78, 5) is 10.1. The summed E-state index contributed by atoms with van der Waals surface area (Å²) in [5, 5.41) is 24.2. The Morgan fingerprint density at radius 2 is 2.16 bits per heavy atom. The maximum absolute atomic E-state index is 10.6. The lowest BCUT2D eigenvalue weighted by Gasteiger charge is -2.32. The van der Waals surface area contributed by atoms with Gasteiger partial charge in [-0.15, -0.1) is 0 Å². The molecule has 0 aromatic heterocycles. The molecule has 7 heteroatoms. The Morgan fingerprint density at radius 1 is 1.47 bits per heavy atom. The highest BCUT2D eigenvalue weighted by atomic mass is 35.5. The number of non-ortho nitro benzene ring substituents is 1. The maximum atomic E-state index is 10.6. The minimum absolute atomic E-state index is 0.0853. The van der Waals surface area contributed by atoms with Gasteiger partial charge in [-0.1, -0.05) is 11.6 Å². The fourth-order valence-electron chi connectivity index (χ4n) is 1.97. The van der Waals surface area contributed by atoms with Crippen LogP contribution in [0.15, 0.2) is 18.2 Å². The topological polar surface area (TPSA) is 84.6 Å². The monoisotopic (exact) mass is 286 g/mol. The van der Waals surface area contributed by atoms with Gasteiger partial charge < -0.3 is 15.2 Å². The van der Waals surface area contributed by atoms with Crippen molar-refractivity contribution in [2.45, 2.75) is 18.4 Å². The molecule has 104 valence electrons. The van der Waals surface area contributed by atoms with Crippen molar-refractivity contribution in [3.8, 4) is 5.75 Å². The van der Waals surface area contributed by atoms with Crippen molar-refractivity contribution in [2.75, 3.05) is 19.7 Å². The Labute approximate surface area is 115 Å². The van der Waals surface area contributed by atoms with Gasteiger partial charge in [-0.2, -0.15) is 0 Å². The van der Waals surface area contributed by atoms with Gasteiger partial charge in [0.15, 0.2) is 0 Å². The summed E-state index contributed by atoms with van der Waals surface area (Å²) in [6.45, 7) is 1.62. The first kappa shape index (κ1) is 14.0. The van der Waals surface area contributed by atoms with Gasteiger partial charge in [0.1, 0.15) is 18.0 Å². The van der Waals surface area contributed by atoms with Gasteiger partial charge in [0.25, 0.3) is 5.69 Å². The summed E-state index contributed by atoms with van der Waals surface area (Å²) >= 11 is 5.91. The Morgan fingerprint density at radius 3 is 2.74 bits per heavy atom. The average molecular weight is 287 g/mol. The van der Waals surface area contributed by atoms with Gasteiger partial charge in [-0.25, -0.2) is 0 Å². The third kappa shape index (κ3) is 3.56. The average Bonchev–Trinajstić information content (AvgIpc) is 2.38. The SMILES string of the molecule is O=[N+]([O-])c1ccc(OCC2(O)CCNCC2)c(Cl)c1. The minimum Gasteiger partial charge on any atom is -0.489 e. The molecular weight excluding hydrogens is 272 g/mol. The fraction of sp³-hybridized carbons (Fsp3) is 0.500. The third-order valence-corrected chi connectivity index (χ3v) is 3.45. The lowest BCUT2D eigenvalue weighted by molar-refractivity contribution is -0.384. The number of piperidine rings is 1. The molecule has 1 aromatic carbocycles. The second-order valence-corrected chi connectivity index (χ2v) is 5.04. The van der Waals surface area contributed by atoms with Crippen LogP contribution in [0.5, 0.6) is 5.75 Å². The van der Waals surface area contributed by atoms with Crippen LogP contribution in [0.25, 0.3) is 0 Å². The summed E-state index contributed by atoms with van der Waals surface area (Å²) in [6.07, 6.45) is 1.22. The van der Waals surface area contributed by atoms with Crippen molar-refractivity contribution >= 4 is 17.3 Å². The highest BCUT2D eigenvalue weighted by Gasteiger charge is 2.30. The lowest BCUT2D eigenvalue weighted by atomic mass is 9.93. The molecule has 1 aromatic rings. The van der Waals surface area contributed by atoms with E-state index >= 15 is 0 Å². The molecule has 6 nitrogen and oxygen atoms in total. The number of benzene rings is 1. The Balaban J connectivity index is 2.01. The number of nitrogens with zero attached hydrogens (tertiary/aromatic N) is 1. The number of aliphatic hydroxyl groups is 1. The second kappa shape index (κ2) is 5.73. The first-order valence-electron chi connectivity index (χ1n) is 6.00. The highest BCUT2D eigenvalue weighted by molar-refractivity contribution is 6.32. The molecule has 0 amide bonds. The van der Waals surface area contributed by atoms with Gasteiger partial charge >= 0.3 is 0 Å². The highest BCUT2D eigenvalue weighted by Crippen LogP contribution is 2.30. The quantitative estimate of drug-likeness (QED) is 0.650. The molecule has 1 saturated heterocycles. The van der Waals surface area contributed by atoms with E-state index in [1.54, 1.807) is 0 Å². The molecule has 1 aliphatic rings. The molecule has 1 heterocycles. The smallest absolute Gasteiger partial charge is 0.271 e. The van der Waals surface area contributed by atoms with Crippen LogP contribution in [0.1, 0.15) is 12.8 Å². The predicted octanol–water partition coefficient (Wildman–Crippen LogP) is 1.74. The van der Waals surface area contributed by atoms with Crippen LogP contribution in [0.4, 0.5) is 5.69 Å². The number of nitrogens with one attached hydrogen (secondary N) is 1. The van der Waals surface area contributed by atoms with Gasteiger partial charge in [0.2, 0.25) is 0 Å². The molecule has 0 aliphatic carbocycles. The van der Waals surface area contributed by atoms with E-state index in [0.717, 1.165) is 13.1 Å². The van der Waals surface area contributed by atoms with Gasteiger partial charge in [0, 0.05) is 12.1 Å². The van der Waals surface area contributed by atoms with Crippen LogP contribution < -0.4 is 10.1 Å². The Hall–Kier alpha value is -1.37. The van der Waals surface area contributed by atoms with E-state index in [4.69, 9.17) is 16.3 Å². The van der Waals surface area contributed by atoms with Crippen molar-refractivity contribution < 1.29 is 14.8 Å². The minimum atomic E-state index is -0.865. The van der Waals surface area contributed by atoms with Crippen LogP contribution in [0.3, 0.4) is 0 Å². The van der Waals surface area contributed by atoms with E-state index < -0.39 is 10.5 Å². The summed E-state index contributed by atoms with van der Waals surface area (Å²) < 4.78 is 5.48. The number of hydrogen-bond donors (Lipinski definition) is 2. The first-order valence-corrected chi connectivity index (χ1v) is 6.38. The van der Waals surface area contributed by atoms with Crippen LogP contribution in [-0.2, 0) is 0 Å². The van der Waals surface area contributed by atoms with Crippen molar-refractivity contribution in [1.29, 1.82) is 0 Å². The molecule has 0 spiro atoms. The zero-order valence-corrected chi connectivity index (χ0v) is 11.0. The molecule has 0 atom stereocenters. The molecule has 0 unspecified atom stereocenters. The number of hydrogen-bond acceptors (Lipinski definition) is 5. The van der Waals surface area contributed by atoms with Crippen molar-refractivity contribution in [3.05, 3.63) is 33.3 Å². The Bertz CT molecular complexity index is 475. The van der Waals surface area contributed by atoms with Crippen LogP contribution in [-0.4, -0.2) is 35.3 Å². The second-order valence-electron chi connectivity index (χ2n) is 4.63. The normalized spacial score (nSPS) is 18.0. The number of ether oxygens (including phenoxy) is 1.